The quantitative estimate of drug-likeness (QED) is 0.335. The van der Waals surface area contributed by atoms with Crippen LogP contribution < -0.4 is 10.2 Å². The molecule has 4 aromatic rings. The van der Waals surface area contributed by atoms with Gasteiger partial charge in [0.25, 0.3) is 5.91 Å². The molecule has 1 N–H and O–H groups in total. The van der Waals surface area contributed by atoms with E-state index in [-0.39, 0.29) is 23.8 Å². The molecule has 37 heavy (non-hydrogen) atoms. The molecule has 0 fully saturated rings. The third-order valence-electron chi connectivity index (χ3n) is 6.00. The summed E-state index contributed by atoms with van der Waals surface area (Å²) >= 11 is 7.51. The average Bonchev–Trinajstić information content (AvgIpc) is 3.32. The first-order valence-electron chi connectivity index (χ1n) is 11.7. The molecular weight excluding hydrogens is 513 g/mol. The minimum absolute atomic E-state index is 0.0150. The molecule has 0 atom stereocenters. The smallest absolute Gasteiger partial charge is 0.251 e. The third kappa shape index (κ3) is 5.68. The van der Waals surface area contributed by atoms with Crippen LogP contribution in [0.5, 0.6) is 0 Å². The van der Waals surface area contributed by atoms with Crippen LogP contribution in [0.1, 0.15) is 28.2 Å². The monoisotopic (exact) mass is 535 g/mol. The van der Waals surface area contributed by atoms with E-state index in [1.807, 2.05) is 29.2 Å². The van der Waals surface area contributed by atoms with Gasteiger partial charge in [0.2, 0.25) is 5.91 Å². The van der Waals surface area contributed by atoms with E-state index in [4.69, 9.17) is 11.6 Å². The van der Waals surface area contributed by atoms with Crippen LogP contribution in [0.15, 0.2) is 78.0 Å². The Morgan fingerprint density at radius 2 is 1.86 bits per heavy atom. The van der Waals surface area contributed by atoms with Crippen molar-refractivity contribution in [2.24, 2.45) is 0 Å². The van der Waals surface area contributed by atoms with E-state index < -0.39 is 11.7 Å². The first kappa shape index (κ1) is 25.0. The van der Waals surface area contributed by atoms with E-state index in [1.54, 1.807) is 22.8 Å². The molecule has 0 aliphatic carbocycles. The SMILES string of the molecule is O=C(NCc1nnc(SCC(=O)N2CCCc3ccccc32)n1-c1cccc(Cl)c1)c1cccc(F)c1. The predicted octanol–water partition coefficient (Wildman–Crippen LogP) is 5.06. The zero-order chi connectivity index (χ0) is 25.8. The summed E-state index contributed by atoms with van der Waals surface area (Å²) in [7, 11) is 0. The van der Waals surface area contributed by atoms with Gasteiger partial charge in [0, 0.05) is 22.8 Å². The third-order valence-corrected chi connectivity index (χ3v) is 7.15. The summed E-state index contributed by atoms with van der Waals surface area (Å²) in [6.45, 7) is 0.720. The van der Waals surface area contributed by atoms with Crippen LogP contribution in [0.3, 0.4) is 0 Å². The van der Waals surface area contributed by atoms with Crippen molar-refractivity contribution < 1.29 is 14.0 Å². The molecule has 0 unspecified atom stereocenters. The number of aryl methyl sites for hydroxylation is 1. The molecule has 3 aromatic carbocycles. The number of amides is 2. The number of benzene rings is 3. The highest BCUT2D eigenvalue weighted by Crippen LogP contribution is 2.29. The molecule has 0 spiro atoms. The van der Waals surface area contributed by atoms with E-state index in [0.29, 0.717) is 28.2 Å². The molecule has 0 radical (unpaired) electrons. The lowest BCUT2D eigenvalue weighted by molar-refractivity contribution is -0.116. The van der Waals surface area contributed by atoms with Crippen LogP contribution in [-0.2, 0) is 17.8 Å². The van der Waals surface area contributed by atoms with E-state index in [1.165, 1.54) is 41.6 Å². The van der Waals surface area contributed by atoms with Gasteiger partial charge in [-0.1, -0.05) is 53.7 Å². The number of aromatic nitrogens is 3. The topological polar surface area (TPSA) is 80.1 Å². The summed E-state index contributed by atoms with van der Waals surface area (Å²) < 4.78 is 15.3. The highest BCUT2D eigenvalue weighted by molar-refractivity contribution is 7.99. The Morgan fingerprint density at radius 3 is 2.70 bits per heavy atom. The zero-order valence-corrected chi connectivity index (χ0v) is 21.3. The summed E-state index contributed by atoms with van der Waals surface area (Å²) in [4.78, 5) is 27.6. The van der Waals surface area contributed by atoms with Gasteiger partial charge in [-0.3, -0.25) is 14.2 Å². The van der Waals surface area contributed by atoms with Crippen molar-refractivity contribution in [1.82, 2.24) is 20.1 Å². The molecule has 1 aliphatic rings. The van der Waals surface area contributed by atoms with E-state index in [9.17, 15) is 14.0 Å². The van der Waals surface area contributed by atoms with Gasteiger partial charge in [-0.05, 0) is 60.9 Å². The van der Waals surface area contributed by atoms with Crippen LogP contribution >= 0.6 is 23.4 Å². The number of nitrogens with zero attached hydrogens (tertiary/aromatic N) is 4. The second-order valence-corrected chi connectivity index (χ2v) is 9.85. The molecule has 0 saturated carbocycles. The Kier molecular flexibility index (Phi) is 7.52. The van der Waals surface area contributed by atoms with E-state index in [0.717, 1.165) is 18.5 Å². The minimum Gasteiger partial charge on any atom is -0.345 e. The number of hydrogen-bond donors (Lipinski definition) is 1. The van der Waals surface area contributed by atoms with Crippen LogP contribution in [0.25, 0.3) is 5.69 Å². The van der Waals surface area contributed by atoms with Crippen LogP contribution in [0.2, 0.25) is 5.02 Å². The summed E-state index contributed by atoms with van der Waals surface area (Å²) in [5, 5.41) is 12.4. The van der Waals surface area contributed by atoms with Gasteiger partial charge in [-0.2, -0.15) is 0 Å². The van der Waals surface area contributed by atoms with Crippen molar-refractivity contribution in [2.45, 2.75) is 24.5 Å². The van der Waals surface area contributed by atoms with Gasteiger partial charge < -0.3 is 10.2 Å². The number of thioether (sulfide) groups is 1. The average molecular weight is 536 g/mol. The molecule has 0 saturated heterocycles. The molecule has 188 valence electrons. The number of rotatable bonds is 7. The molecule has 1 aromatic heterocycles. The van der Waals surface area contributed by atoms with Crippen LogP contribution in [0, 0.1) is 5.82 Å². The molecule has 0 bridgehead atoms. The molecule has 10 heteroatoms. The molecule has 2 heterocycles. The molecule has 7 nitrogen and oxygen atoms in total. The second kappa shape index (κ2) is 11.1. The Hall–Kier alpha value is -3.69. The summed E-state index contributed by atoms with van der Waals surface area (Å²) in [5.74, 6) is -0.324. The van der Waals surface area contributed by atoms with Gasteiger partial charge in [-0.25, -0.2) is 4.39 Å². The van der Waals surface area contributed by atoms with Crippen molar-refractivity contribution in [3.05, 3.63) is 101 Å². The number of para-hydroxylation sites is 1. The summed E-state index contributed by atoms with van der Waals surface area (Å²) in [5.41, 5.74) is 3.03. The fraction of sp³-hybridized carbons (Fsp3) is 0.185. The van der Waals surface area contributed by atoms with Crippen LogP contribution in [-0.4, -0.2) is 38.9 Å². The van der Waals surface area contributed by atoms with Crippen molar-refractivity contribution in [1.29, 1.82) is 0 Å². The largest absolute Gasteiger partial charge is 0.345 e. The Morgan fingerprint density at radius 1 is 1.03 bits per heavy atom. The number of hydrogen-bond acceptors (Lipinski definition) is 5. The Bertz CT molecular complexity index is 1460. The fourth-order valence-corrected chi connectivity index (χ4v) is 5.30. The van der Waals surface area contributed by atoms with Gasteiger partial charge in [-0.15, -0.1) is 10.2 Å². The van der Waals surface area contributed by atoms with Crippen molar-refractivity contribution in [2.75, 3.05) is 17.2 Å². The lowest BCUT2D eigenvalue weighted by Gasteiger charge is -2.29. The maximum absolute atomic E-state index is 13.5. The normalized spacial score (nSPS) is 12.8. The first-order valence-corrected chi connectivity index (χ1v) is 13.1. The minimum atomic E-state index is -0.491. The highest BCUT2D eigenvalue weighted by atomic mass is 35.5. The van der Waals surface area contributed by atoms with Crippen LogP contribution in [0.4, 0.5) is 10.1 Å². The molecule has 1 aliphatic heterocycles. The number of fused-ring (bicyclic) bond motifs is 1. The highest BCUT2D eigenvalue weighted by Gasteiger charge is 2.24. The van der Waals surface area contributed by atoms with Gasteiger partial charge in [0.15, 0.2) is 11.0 Å². The standard InChI is InChI=1S/C27H23ClFN5O2S/c28-20-9-4-11-22(15-20)34-24(16-30-26(36)19-7-3-10-21(29)14-19)31-32-27(34)37-17-25(35)33-13-5-8-18-6-1-2-12-23(18)33/h1-4,6-7,9-12,14-15H,5,8,13,16-17H2,(H,30,36). The maximum Gasteiger partial charge on any atom is 0.251 e. The lowest BCUT2D eigenvalue weighted by atomic mass is 10.0. The summed E-state index contributed by atoms with van der Waals surface area (Å²) in [6.07, 6.45) is 1.88. The second-order valence-electron chi connectivity index (χ2n) is 8.47. The lowest BCUT2D eigenvalue weighted by Crippen LogP contribution is -2.36. The number of carbonyl (C=O) groups is 2. The Labute approximate surface area is 222 Å². The Balaban J connectivity index is 1.35. The molecule has 2 amide bonds. The van der Waals surface area contributed by atoms with Gasteiger partial charge in [0.05, 0.1) is 18.0 Å². The van der Waals surface area contributed by atoms with E-state index >= 15 is 0 Å². The van der Waals surface area contributed by atoms with Crippen molar-refractivity contribution in [3.8, 4) is 5.69 Å². The number of carbonyl (C=O) groups excluding carboxylic acids is 2. The first-order chi connectivity index (χ1) is 18.0. The number of anilines is 1. The fourth-order valence-electron chi connectivity index (χ4n) is 4.27. The zero-order valence-electron chi connectivity index (χ0n) is 19.7. The summed E-state index contributed by atoms with van der Waals surface area (Å²) in [6, 6.07) is 20.6. The molecular formula is C27H23ClFN5O2S. The molecule has 5 rings (SSSR count). The van der Waals surface area contributed by atoms with E-state index in [2.05, 4.69) is 21.6 Å². The predicted molar refractivity (Wildman–Crippen MR) is 142 cm³/mol. The van der Waals surface area contributed by atoms with Gasteiger partial charge in [0.1, 0.15) is 5.82 Å². The van der Waals surface area contributed by atoms with Crippen molar-refractivity contribution in [3.63, 3.8) is 0 Å². The van der Waals surface area contributed by atoms with Crippen molar-refractivity contribution >= 4 is 40.9 Å². The number of nitrogens with one attached hydrogen (secondary N) is 1. The maximum atomic E-state index is 13.5. The van der Waals surface area contributed by atoms with Gasteiger partial charge >= 0.3 is 0 Å². The number of halogens is 2.